The molecule has 2 aromatic rings. The number of hydrogen-bond acceptors (Lipinski definition) is 4. The van der Waals surface area contributed by atoms with E-state index >= 15 is 0 Å². The molecule has 1 aliphatic rings. The lowest BCUT2D eigenvalue weighted by Gasteiger charge is -2.35. The number of anilines is 1. The largest absolute Gasteiger partial charge is 0.497 e. The van der Waals surface area contributed by atoms with Crippen LogP contribution >= 0.6 is 0 Å². The quantitative estimate of drug-likeness (QED) is 0.848. The summed E-state index contributed by atoms with van der Waals surface area (Å²) in [6, 6.07) is 15.7. The molecule has 1 saturated heterocycles. The third-order valence-electron chi connectivity index (χ3n) is 4.57. The van der Waals surface area contributed by atoms with Gasteiger partial charge in [-0.05, 0) is 35.4 Å². The van der Waals surface area contributed by atoms with Gasteiger partial charge < -0.3 is 15.4 Å². The SMILES string of the molecule is COc1cccc(CC(=O)N2CCN(Cc3cccc(N)c3)CC2)c1. The van der Waals surface area contributed by atoms with Crippen LogP contribution in [0.1, 0.15) is 11.1 Å². The summed E-state index contributed by atoms with van der Waals surface area (Å²) in [5.74, 6) is 0.967. The number of nitrogens with two attached hydrogens (primary N) is 1. The molecule has 5 heteroatoms. The number of piperazine rings is 1. The highest BCUT2D eigenvalue weighted by Crippen LogP contribution is 2.15. The van der Waals surface area contributed by atoms with Crippen LogP contribution in [0.5, 0.6) is 5.75 Å². The van der Waals surface area contributed by atoms with Gasteiger partial charge in [0.15, 0.2) is 0 Å². The van der Waals surface area contributed by atoms with Crippen LogP contribution in [0.4, 0.5) is 5.69 Å². The summed E-state index contributed by atoms with van der Waals surface area (Å²) in [6.07, 6.45) is 0.423. The van der Waals surface area contributed by atoms with Crippen LogP contribution in [-0.4, -0.2) is 49.0 Å². The number of carbonyl (C=O) groups excluding carboxylic acids is 1. The molecule has 1 amide bonds. The van der Waals surface area contributed by atoms with Crippen molar-refractivity contribution in [2.75, 3.05) is 39.0 Å². The van der Waals surface area contributed by atoms with Crippen LogP contribution in [0, 0.1) is 0 Å². The molecule has 0 spiro atoms. The first kappa shape index (κ1) is 17.3. The zero-order chi connectivity index (χ0) is 17.6. The molecule has 2 aromatic carbocycles. The summed E-state index contributed by atoms with van der Waals surface area (Å²) in [7, 11) is 1.64. The molecule has 5 nitrogen and oxygen atoms in total. The van der Waals surface area contributed by atoms with Gasteiger partial charge in [-0.2, -0.15) is 0 Å². The molecule has 0 atom stereocenters. The van der Waals surface area contributed by atoms with Crippen LogP contribution in [0.2, 0.25) is 0 Å². The predicted octanol–water partition coefficient (Wildman–Crippen LogP) is 2.16. The molecule has 0 unspecified atom stereocenters. The number of carbonyl (C=O) groups is 1. The molecule has 132 valence electrons. The van der Waals surface area contributed by atoms with Crippen molar-refractivity contribution in [1.29, 1.82) is 0 Å². The minimum absolute atomic E-state index is 0.178. The van der Waals surface area contributed by atoms with Gasteiger partial charge in [-0.1, -0.05) is 24.3 Å². The van der Waals surface area contributed by atoms with Crippen molar-refractivity contribution < 1.29 is 9.53 Å². The Morgan fingerprint density at radius 2 is 1.76 bits per heavy atom. The van der Waals surface area contributed by atoms with Crippen LogP contribution in [0.15, 0.2) is 48.5 Å². The van der Waals surface area contributed by atoms with Crippen LogP contribution in [0.25, 0.3) is 0 Å². The Labute approximate surface area is 149 Å². The Balaban J connectivity index is 1.50. The van der Waals surface area contributed by atoms with E-state index in [0.29, 0.717) is 6.42 Å². The number of hydrogen-bond donors (Lipinski definition) is 1. The summed E-state index contributed by atoms with van der Waals surface area (Å²) in [6.45, 7) is 4.19. The van der Waals surface area contributed by atoms with E-state index in [9.17, 15) is 4.79 Å². The van der Waals surface area contributed by atoms with Gasteiger partial charge >= 0.3 is 0 Å². The first-order chi connectivity index (χ1) is 12.1. The van der Waals surface area contributed by atoms with E-state index in [1.807, 2.05) is 47.4 Å². The lowest BCUT2D eigenvalue weighted by atomic mass is 10.1. The number of benzene rings is 2. The molecule has 2 N–H and O–H groups in total. The van der Waals surface area contributed by atoms with Crippen molar-refractivity contribution in [3.63, 3.8) is 0 Å². The molecule has 0 saturated carbocycles. The fourth-order valence-corrected chi connectivity index (χ4v) is 3.17. The molecular formula is C20H25N3O2. The molecule has 3 rings (SSSR count). The monoisotopic (exact) mass is 339 g/mol. The zero-order valence-corrected chi connectivity index (χ0v) is 14.6. The number of nitrogens with zero attached hydrogens (tertiary/aromatic N) is 2. The van der Waals surface area contributed by atoms with Crippen molar-refractivity contribution in [2.24, 2.45) is 0 Å². The Bertz CT molecular complexity index is 724. The smallest absolute Gasteiger partial charge is 0.227 e. The maximum Gasteiger partial charge on any atom is 0.227 e. The third kappa shape index (κ3) is 4.73. The molecule has 0 radical (unpaired) electrons. The number of methoxy groups -OCH3 is 1. The highest BCUT2D eigenvalue weighted by Gasteiger charge is 2.21. The molecule has 1 fully saturated rings. The van der Waals surface area contributed by atoms with Gasteiger partial charge in [0, 0.05) is 38.4 Å². The highest BCUT2D eigenvalue weighted by atomic mass is 16.5. The predicted molar refractivity (Wildman–Crippen MR) is 99.4 cm³/mol. The lowest BCUT2D eigenvalue weighted by molar-refractivity contribution is -0.132. The average molecular weight is 339 g/mol. The second kappa shape index (κ2) is 8.03. The van der Waals surface area contributed by atoms with E-state index in [4.69, 9.17) is 10.5 Å². The maximum absolute atomic E-state index is 12.5. The number of nitrogen functional groups attached to an aromatic ring is 1. The van der Waals surface area contributed by atoms with Crippen molar-refractivity contribution in [3.8, 4) is 5.75 Å². The van der Waals surface area contributed by atoms with Gasteiger partial charge in [0.1, 0.15) is 5.75 Å². The van der Waals surface area contributed by atoms with Crippen molar-refractivity contribution in [2.45, 2.75) is 13.0 Å². The Morgan fingerprint density at radius 3 is 2.48 bits per heavy atom. The van der Waals surface area contributed by atoms with E-state index in [-0.39, 0.29) is 5.91 Å². The van der Waals surface area contributed by atoms with Gasteiger partial charge in [-0.15, -0.1) is 0 Å². The van der Waals surface area contributed by atoms with Crippen molar-refractivity contribution >= 4 is 11.6 Å². The molecule has 1 aliphatic heterocycles. The summed E-state index contributed by atoms with van der Waals surface area (Å²) >= 11 is 0. The topological polar surface area (TPSA) is 58.8 Å². The molecule has 1 heterocycles. The highest BCUT2D eigenvalue weighted by molar-refractivity contribution is 5.79. The van der Waals surface area contributed by atoms with Crippen molar-refractivity contribution in [1.82, 2.24) is 9.80 Å². The molecule has 0 bridgehead atoms. The molecular weight excluding hydrogens is 314 g/mol. The summed E-state index contributed by atoms with van der Waals surface area (Å²) in [4.78, 5) is 16.8. The standard InChI is InChI=1S/C20H25N3O2/c1-25-19-7-3-4-16(13-19)14-20(24)23-10-8-22(9-11-23)15-17-5-2-6-18(21)12-17/h2-7,12-13H,8-11,14-15,21H2,1H3. The Kier molecular flexibility index (Phi) is 5.56. The van der Waals surface area contributed by atoms with E-state index in [1.54, 1.807) is 7.11 Å². The van der Waals surface area contributed by atoms with E-state index in [1.165, 1.54) is 5.56 Å². The van der Waals surface area contributed by atoms with Gasteiger partial charge in [0.25, 0.3) is 0 Å². The molecule has 25 heavy (non-hydrogen) atoms. The van der Waals surface area contributed by atoms with Crippen LogP contribution < -0.4 is 10.5 Å². The summed E-state index contributed by atoms with van der Waals surface area (Å²) < 4.78 is 5.22. The van der Waals surface area contributed by atoms with Gasteiger partial charge in [-0.3, -0.25) is 9.69 Å². The molecule has 0 aliphatic carbocycles. The number of amides is 1. The fraction of sp³-hybridized carbons (Fsp3) is 0.350. The van der Waals surface area contributed by atoms with Gasteiger partial charge in [-0.25, -0.2) is 0 Å². The number of ether oxygens (including phenoxy) is 1. The second-order valence-corrected chi connectivity index (χ2v) is 6.43. The minimum Gasteiger partial charge on any atom is -0.497 e. The van der Waals surface area contributed by atoms with Crippen LogP contribution in [-0.2, 0) is 17.8 Å². The van der Waals surface area contributed by atoms with E-state index in [2.05, 4.69) is 11.0 Å². The normalized spacial score (nSPS) is 15.2. The Morgan fingerprint density at radius 1 is 1.04 bits per heavy atom. The first-order valence-electron chi connectivity index (χ1n) is 8.61. The average Bonchev–Trinajstić information content (AvgIpc) is 2.62. The Hall–Kier alpha value is -2.53. The third-order valence-corrected chi connectivity index (χ3v) is 4.57. The fourth-order valence-electron chi connectivity index (χ4n) is 3.17. The maximum atomic E-state index is 12.5. The lowest BCUT2D eigenvalue weighted by Crippen LogP contribution is -2.48. The second-order valence-electron chi connectivity index (χ2n) is 6.43. The van der Waals surface area contributed by atoms with Crippen molar-refractivity contribution in [3.05, 3.63) is 59.7 Å². The van der Waals surface area contributed by atoms with Crippen LogP contribution in [0.3, 0.4) is 0 Å². The van der Waals surface area contributed by atoms with Gasteiger partial charge in [0.05, 0.1) is 13.5 Å². The number of rotatable bonds is 5. The van der Waals surface area contributed by atoms with E-state index in [0.717, 1.165) is 49.7 Å². The molecule has 0 aromatic heterocycles. The summed E-state index contributed by atoms with van der Waals surface area (Å²) in [5, 5.41) is 0. The van der Waals surface area contributed by atoms with E-state index < -0.39 is 0 Å². The van der Waals surface area contributed by atoms with Gasteiger partial charge in [0.2, 0.25) is 5.91 Å². The zero-order valence-electron chi connectivity index (χ0n) is 14.6. The minimum atomic E-state index is 0.178. The first-order valence-corrected chi connectivity index (χ1v) is 8.61. The summed E-state index contributed by atoms with van der Waals surface area (Å²) in [5.41, 5.74) is 8.85.